The Balaban J connectivity index is 1.89. The number of ether oxygens (including phenoxy) is 1. The molecular weight excluding hydrogens is 640 g/mol. The Morgan fingerprint density at radius 1 is 1.24 bits per heavy atom. The van der Waals surface area contributed by atoms with Crippen molar-refractivity contribution >= 4 is 67.5 Å². The van der Waals surface area contributed by atoms with Gasteiger partial charge in [-0.25, -0.2) is 9.53 Å². The van der Waals surface area contributed by atoms with Crippen molar-refractivity contribution in [2.24, 2.45) is 12.2 Å². The van der Waals surface area contributed by atoms with Crippen LogP contribution < -0.4 is 30.8 Å². The Labute approximate surface area is 230 Å². The molecule has 1 heterocycles. The molecule has 3 aromatic rings. The van der Waals surface area contributed by atoms with Crippen LogP contribution in [0.1, 0.15) is 28.8 Å². The zero-order valence-electron chi connectivity index (χ0n) is 19.6. The predicted molar refractivity (Wildman–Crippen MR) is 148 cm³/mol. The molecule has 0 radical (unpaired) electrons. The van der Waals surface area contributed by atoms with Gasteiger partial charge in [-0.05, 0) is 72.7 Å². The quantitative estimate of drug-likeness (QED) is 0.267. The number of anilines is 3. The first-order valence-corrected chi connectivity index (χ1v) is 13.9. The normalized spacial score (nSPS) is 13.2. The summed E-state index contributed by atoms with van der Waals surface area (Å²) in [5, 5.41) is 10.6. The van der Waals surface area contributed by atoms with Gasteiger partial charge >= 0.3 is 0 Å². The molecule has 2 aromatic carbocycles. The van der Waals surface area contributed by atoms with Gasteiger partial charge in [0, 0.05) is 16.7 Å². The van der Waals surface area contributed by atoms with Gasteiger partial charge in [0.25, 0.3) is 21.7 Å². The highest BCUT2D eigenvalue weighted by Crippen LogP contribution is 2.39. The van der Waals surface area contributed by atoms with Crippen molar-refractivity contribution in [2.45, 2.75) is 25.8 Å². The van der Waals surface area contributed by atoms with E-state index < -0.39 is 27.5 Å². The summed E-state index contributed by atoms with van der Waals surface area (Å²) in [7, 11) is -2.69. The summed E-state index contributed by atoms with van der Waals surface area (Å²) in [6.07, 6.45) is 1.60. The maximum atomic E-state index is 14.7. The number of aromatic nitrogens is 1. The lowest BCUT2D eigenvalue weighted by atomic mass is 10.1. The molecule has 0 aliphatic heterocycles. The molecule has 1 aliphatic carbocycles. The van der Waals surface area contributed by atoms with Crippen LogP contribution in [0.4, 0.5) is 21.6 Å². The summed E-state index contributed by atoms with van der Waals surface area (Å²) >= 11 is 8.33. The molecule has 1 fully saturated rings. The van der Waals surface area contributed by atoms with Gasteiger partial charge in [-0.1, -0.05) is 17.7 Å². The number of hydrogen-bond donors (Lipinski definition) is 4. The van der Waals surface area contributed by atoms with Crippen LogP contribution >= 0.6 is 34.2 Å². The number of nitrogens with two attached hydrogens (primary N) is 1. The smallest absolute Gasteiger partial charge is 0.296 e. The minimum atomic E-state index is -4.14. The third-order valence-corrected chi connectivity index (χ3v) is 7.08. The van der Waals surface area contributed by atoms with Crippen LogP contribution in [-0.2, 0) is 17.3 Å². The first-order valence-electron chi connectivity index (χ1n) is 10.9. The van der Waals surface area contributed by atoms with E-state index in [1.165, 1.54) is 48.9 Å². The summed E-state index contributed by atoms with van der Waals surface area (Å²) in [5.41, 5.74) is -0.501. The van der Waals surface area contributed by atoms with Gasteiger partial charge in [0.2, 0.25) is 0 Å². The standard InChI is InChI=1S/C23H22ClFIN5O5S/c1-11-20(36-17-5-3-4-16(19(17)24)30-37(27,34)35)18(22(32)28-13-7-8-13)21(31(2)23(11)33)29-15-9-6-12(26)10-14(15)25/h3-6,9-10,13,29-30H,7-8H2,1-2H3,(H,28,32)(H2,27,34,35). The van der Waals surface area contributed by atoms with Crippen LogP contribution in [0.15, 0.2) is 41.2 Å². The molecule has 37 heavy (non-hydrogen) atoms. The first-order chi connectivity index (χ1) is 17.4. The van der Waals surface area contributed by atoms with Crippen LogP contribution in [0.3, 0.4) is 0 Å². The van der Waals surface area contributed by atoms with E-state index >= 15 is 0 Å². The zero-order chi connectivity index (χ0) is 27.1. The second kappa shape index (κ2) is 10.5. The van der Waals surface area contributed by atoms with Crippen molar-refractivity contribution in [3.63, 3.8) is 0 Å². The van der Waals surface area contributed by atoms with Crippen molar-refractivity contribution in [1.82, 2.24) is 9.88 Å². The average Bonchev–Trinajstić information content (AvgIpc) is 3.62. The topological polar surface area (TPSA) is 145 Å². The van der Waals surface area contributed by atoms with Gasteiger partial charge in [-0.2, -0.15) is 8.42 Å². The molecule has 0 spiro atoms. The number of nitrogens with zero attached hydrogens (tertiary/aromatic N) is 1. The van der Waals surface area contributed by atoms with Gasteiger partial charge in [-0.15, -0.1) is 0 Å². The number of pyridine rings is 1. The molecule has 5 N–H and O–H groups in total. The number of carbonyl (C=O) groups is 1. The van der Waals surface area contributed by atoms with E-state index in [-0.39, 0.29) is 50.9 Å². The third kappa shape index (κ3) is 6.17. The van der Waals surface area contributed by atoms with Crippen molar-refractivity contribution < 1.29 is 22.3 Å². The van der Waals surface area contributed by atoms with E-state index in [1.807, 2.05) is 22.6 Å². The van der Waals surface area contributed by atoms with Gasteiger partial charge in [0.1, 0.15) is 28.0 Å². The number of amides is 1. The number of halogens is 3. The van der Waals surface area contributed by atoms with Crippen LogP contribution in [0.25, 0.3) is 0 Å². The molecule has 10 nitrogen and oxygen atoms in total. The van der Waals surface area contributed by atoms with Crippen molar-refractivity contribution in [2.75, 3.05) is 10.0 Å². The Kier molecular flexibility index (Phi) is 7.69. The number of benzene rings is 2. The van der Waals surface area contributed by atoms with Crippen LogP contribution in [0.2, 0.25) is 5.02 Å². The van der Waals surface area contributed by atoms with Crippen LogP contribution in [0.5, 0.6) is 11.5 Å². The summed E-state index contributed by atoms with van der Waals surface area (Å²) in [4.78, 5) is 26.6. The maximum absolute atomic E-state index is 14.7. The molecule has 0 bridgehead atoms. The third-order valence-electron chi connectivity index (χ3n) is 5.52. The van der Waals surface area contributed by atoms with Gasteiger partial charge in [0.15, 0.2) is 5.75 Å². The summed E-state index contributed by atoms with van der Waals surface area (Å²) in [5.74, 6) is -1.29. The van der Waals surface area contributed by atoms with E-state index in [0.717, 1.165) is 12.8 Å². The highest BCUT2D eigenvalue weighted by molar-refractivity contribution is 14.1. The van der Waals surface area contributed by atoms with Gasteiger partial charge in [-0.3, -0.25) is 18.9 Å². The molecule has 0 atom stereocenters. The fourth-order valence-electron chi connectivity index (χ4n) is 3.53. The summed E-state index contributed by atoms with van der Waals surface area (Å²) in [6, 6.07) is 8.68. The fourth-order valence-corrected chi connectivity index (χ4v) is 4.73. The Hall–Kier alpha value is -2.88. The lowest BCUT2D eigenvalue weighted by Crippen LogP contribution is -2.31. The average molecular weight is 662 g/mol. The zero-order valence-corrected chi connectivity index (χ0v) is 23.3. The molecule has 1 aromatic heterocycles. The predicted octanol–water partition coefficient (Wildman–Crippen LogP) is 4.13. The minimum Gasteiger partial charge on any atom is -0.454 e. The van der Waals surface area contributed by atoms with E-state index in [4.69, 9.17) is 21.5 Å². The summed E-state index contributed by atoms with van der Waals surface area (Å²) in [6.45, 7) is 1.47. The van der Waals surface area contributed by atoms with Crippen LogP contribution in [0, 0.1) is 16.3 Å². The highest BCUT2D eigenvalue weighted by atomic mass is 127. The fraction of sp³-hybridized carbons (Fsp3) is 0.217. The molecule has 196 valence electrons. The molecule has 0 saturated heterocycles. The van der Waals surface area contributed by atoms with Crippen molar-refractivity contribution in [3.8, 4) is 11.5 Å². The second-order valence-electron chi connectivity index (χ2n) is 8.41. The molecule has 0 unspecified atom stereocenters. The number of carbonyl (C=O) groups excluding carboxylic acids is 1. The highest BCUT2D eigenvalue weighted by Gasteiger charge is 2.31. The van der Waals surface area contributed by atoms with Gasteiger partial charge < -0.3 is 15.4 Å². The monoisotopic (exact) mass is 661 g/mol. The van der Waals surface area contributed by atoms with Crippen molar-refractivity contribution in [1.29, 1.82) is 0 Å². The molecular formula is C23H22ClFIN5O5S. The van der Waals surface area contributed by atoms with Crippen molar-refractivity contribution in [3.05, 3.63) is 72.3 Å². The van der Waals surface area contributed by atoms with E-state index in [9.17, 15) is 22.4 Å². The molecule has 1 saturated carbocycles. The van der Waals surface area contributed by atoms with E-state index in [2.05, 4.69) is 15.4 Å². The Morgan fingerprint density at radius 3 is 2.57 bits per heavy atom. The lowest BCUT2D eigenvalue weighted by molar-refractivity contribution is 0.0948. The van der Waals surface area contributed by atoms with Gasteiger partial charge in [0.05, 0.1) is 16.9 Å². The van der Waals surface area contributed by atoms with E-state index in [0.29, 0.717) is 3.57 Å². The lowest BCUT2D eigenvalue weighted by Gasteiger charge is -2.22. The van der Waals surface area contributed by atoms with Crippen LogP contribution in [-0.4, -0.2) is 24.9 Å². The summed E-state index contributed by atoms with van der Waals surface area (Å²) < 4.78 is 47.7. The molecule has 4 rings (SSSR count). The minimum absolute atomic E-state index is 0.00111. The van der Waals surface area contributed by atoms with E-state index in [1.54, 1.807) is 6.07 Å². The molecule has 1 amide bonds. The molecule has 1 aliphatic rings. The maximum Gasteiger partial charge on any atom is 0.296 e. The largest absolute Gasteiger partial charge is 0.454 e. The number of hydrogen-bond acceptors (Lipinski definition) is 6. The Morgan fingerprint density at radius 2 is 1.95 bits per heavy atom. The Bertz CT molecular complexity index is 1580. The molecule has 14 heteroatoms. The number of nitrogens with one attached hydrogen (secondary N) is 3. The number of rotatable bonds is 8. The second-order valence-corrected chi connectivity index (χ2v) is 11.3. The first kappa shape index (κ1) is 27.2. The SMILES string of the molecule is Cc1c(Oc2cccc(NS(N)(=O)=O)c2Cl)c(C(=O)NC2CC2)c(Nc2ccc(I)cc2F)n(C)c1=O.